The predicted molar refractivity (Wildman–Crippen MR) is 117 cm³/mol. The van der Waals surface area contributed by atoms with Crippen molar-refractivity contribution in [1.29, 1.82) is 0 Å². The molecule has 0 spiro atoms. The van der Waals surface area contributed by atoms with E-state index in [0.29, 0.717) is 5.41 Å². The number of nitrogens with zero attached hydrogens (tertiary/aromatic N) is 1. The van der Waals surface area contributed by atoms with Crippen LogP contribution in [0.3, 0.4) is 0 Å². The van der Waals surface area contributed by atoms with Crippen LogP contribution in [-0.4, -0.2) is 4.98 Å². The summed E-state index contributed by atoms with van der Waals surface area (Å²) < 4.78 is 0. The standard InChI is InChI=1S/C25H29NS/c1-15-8-10-16(11-9-15)22-19-14-17(25(2,3)4)12-13-20(19)26-24-23(22)18-6-5-7-21(18)27-24/h8-11,17H,5-7,12-14H2,1-4H3/t17-/m1/s1. The molecular weight excluding hydrogens is 346 g/mol. The fourth-order valence-corrected chi connectivity index (χ4v) is 6.37. The molecule has 0 unspecified atom stereocenters. The number of aromatic nitrogens is 1. The third kappa shape index (κ3) is 2.84. The van der Waals surface area contributed by atoms with E-state index in [0.717, 1.165) is 12.3 Å². The second-order valence-corrected chi connectivity index (χ2v) is 10.7. The van der Waals surface area contributed by atoms with Gasteiger partial charge < -0.3 is 0 Å². The van der Waals surface area contributed by atoms with E-state index in [1.807, 2.05) is 11.3 Å². The van der Waals surface area contributed by atoms with Gasteiger partial charge in [-0.25, -0.2) is 4.98 Å². The quantitative estimate of drug-likeness (QED) is 0.450. The lowest BCUT2D eigenvalue weighted by atomic mass is 9.70. The maximum absolute atomic E-state index is 5.22. The molecule has 27 heavy (non-hydrogen) atoms. The molecule has 140 valence electrons. The molecule has 3 aromatic rings. The van der Waals surface area contributed by atoms with Gasteiger partial charge in [-0.05, 0) is 79.0 Å². The molecule has 2 aliphatic carbocycles. The molecule has 1 aromatic carbocycles. The number of pyridine rings is 1. The van der Waals surface area contributed by atoms with Gasteiger partial charge in [0.15, 0.2) is 0 Å². The third-order valence-corrected chi connectivity index (χ3v) is 7.97. The predicted octanol–water partition coefficient (Wildman–Crippen LogP) is 6.91. The van der Waals surface area contributed by atoms with Crippen LogP contribution >= 0.6 is 11.3 Å². The monoisotopic (exact) mass is 375 g/mol. The average molecular weight is 376 g/mol. The second kappa shape index (κ2) is 6.17. The molecule has 0 aliphatic heterocycles. The van der Waals surface area contributed by atoms with Crippen molar-refractivity contribution < 1.29 is 0 Å². The van der Waals surface area contributed by atoms with Gasteiger partial charge in [0.1, 0.15) is 4.83 Å². The minimum absolute atomic E-state index is 0.355. The van der Waals surface area contributed by atoms with Crippen molar-refractivity contribution in [3.05, 3.63) is 51.5 Å². The van der Waals surface area contributed by atoms with Crippen LogP contribution in [0.5, 0.6) is 0 Å². The van der Waals surface area contributed by atoms with Gasteiger partial charge in [-0.1, -0.05) is 50.6 Å². The smallest absolute Gasteiger partial charge is 0.124 e. The highest BCUT2D eigenvalue weighted by atomic mass is 32.1. The summed E-state index contributed by atoms with van der Waals surface area (Å²) in [6.45, 7) is 9.40. The van der Waals surface area contributed by atoms with E-state index in [1.54, 1.807) is 16.0 Å². The lowest BCUT2D eigenvalue weighted by molar-refractivity contribution is 0.215. The molecule has 5 rings (SSSR count). The van der Waals surface area contributed by atoms with Gasteiger partial charge in [0.2, 0.25) is 0 Å². The molecule has 0 N–H and O–H groups in total. The van der Waals surface area contributed by atoms with Crippen LogP contribution < -0.4 is 0 Å². The summed E-state index contributed by atoms with van der Waals surface area (Å²) in [5.41, 5.74) is 9.13. The molecule has 0 radical (unpaired) electrons. The van der Waals surface area contributed by atoms with Crippen molar-refractivity contribution in [1.82, 2.24) is 4.98 Å². The van der Waals surface area contributed by atoms with E-state index < -0.39 is 0 Å². The minimum atomic E-state index is 0.355. The van der Waals surface area contributed by atoms with Gasteiger partial charge in [-0.2, -0.15) is 0 Å². The Balaban J connectivity index is 1.79. The maximum Gasteiger partial charge on any atom is 0.124 e. The van der Waals surface area contributed by atoms with Gasteiger partial charge in [0, 0.05) is 16.0 Å². The Labute approximate surface area is 166 Å². The Morgan fingerprint density at radius 3 is 2.52 bits per heavy atom. The van der Waals surface area contributed by atoms with Crippen molar-refractivity contribution in [2.75, 3.05) is 0 Å². The first-order valence-electron chi connectivity index (χ1n) is 10.4. The topological polar surface area (TPSA) is 12.9 Å². The van der Waals surface area contributed by atoms with Crippen LogP contribution in [0.2, 0.25) is 0 Å². The SMILES string of the molecule is Cc1ccc(-c2c3c(nc4sc5c(c24)CCC5)CC[C@@H](C(C)(C)C)C3)cc1. The summed E-state index contributed by atoms with van der Waals surface area (Å²) in [6.07, 6.45) is 7.38. The molecule has 0 saturated carbocycles. The second-order valence-electron chi connectivity index (χ2n) is 9.62. The average Bonchev–Trinajstić information content (AvgIpc) is 3.20. The Bertz CT molecular complexity index is 1020. The lowest BCUT2D eigenvalue weighted by Crippen LogP contribution is -2.27. The lowest BCUT2D eigenvalue weighted by Gasteiger charge is -2.35. The van der Waals surface area contributed by atoms with Crippen molar-refractivity contribution in [2.45, 2.75) is 66.2 Å². The molecule has 2 heteroatoms. The summed E-state index contributed by atoms with van der Waals surface area (Å²) >= 11 is 1.97. The van der Waals surface area contributed by atoms with Crippen molar-refractivity contribution in [3.8, 4) is 11.1 Å². The molecule has 1 atom stereocenters. The van der Waals surface area contributed by atoms with Crippen molar-refractivity contribution >= 4 is 21.6 Å². The van der Waals surface area contributed by atoms with Crippen LogP contribution in [0.15, 0.2) is 24.3 Å². The molecule has 0 bridgehead atoms. The van der Waals surface area contributed by atoms with Gasteiger partial charge in [0.05, 0.1) is 0 Å². The third-order valence-electron chi connectivity index (χ3n) is 6.78. The largest absolute Gasteiger partial charge is 0.242 e. The number of benzene rings is 1. The molecule has 1 nitrogen and oxygen atoms in total. The molecular formula is C25H29NS. The van der Waals surface area contributed by atoms with Crippen LogP contribution in [0, 0.1) is 18.3 Å². The molecule has 2 aliphatic rings. The van der Waals surface area contributed by atoms with Gasteiger partial charge in [0.25, 0.3) is 0 Å². The number of fused-ring (bicyclic) bond motifs is 4. The van der Waals surface area contributed by atoms with E-state index in [4.69, 9.17) is 4.98 Å². The first-order chi connectivity index (χ1) is 12.9. The van der Waals surface area contributed by atoms with E-state index in [2.05, 4.69) is 52.0 Å². The fraction of sp³-hybridized carbons (Fsp3) is 0.480. The Kier molecular flexibility index (Phi) is 3.98. The van der Waals surface area contributed by atoms with E-state index in [1.165, 1.54) is 64.7 Å². The minimum Gasteiger partial charge on any atom is -0.242 e. The van der Waals surface area contributed by atoms with Crippen LogP contribution in [0.4, 0.5) is 0 Å². The van der Waals surface area contributed by atoms with Crippen LogP contribution in [0.25, 0.3) is 21.3 Å². The Morgan fingerprint density at radius 2 is 1.78 bits per heavy atom. The number of thiophene rings is 1. The summed E-state index contributed by atoms with van der Waals surface area (Å²) in [7, 11) is 0. The molecule has 0 saturated heterocycles. The highest BCUT2D eigenvalue weighted by Crippen LogP contribution is 2.47. The Hall–Kier alpha value is -1.67. The summed E-state index contributed by atoms with van der Waals surface area (Å²) in [4.78, 5) is 8.11. The van der Waals surface area contributed by atoms with E-state index in [9.17, 15) is 0 Å². The molecule has 2 aromatic heterocycles. The molecule has 0 fully saturated rings. The first-order valence-corrected chi connectivity index (χ1v) is 11.3. The first kappa shape index (κ1) is 17.4. The molecule has 0 amide bonds. The fourth-order valence-electron chi connectivity index (χ4n) is 5.08. The Morgan fingerprint density at radius 1 is 1.00 bits per heavy atom. The van der Waals surface area contributed by atoms with Gasteiger partial charge in [-0.15, -0.1) is 11.3 Å². The highest BCUT2D eigenvalue weighted by Gasteiger charge is 2.33. The zero-order valence-electron chi connectivity index (χ0n) is 17.0. The number of hydrogen-bond acceptors (Lipinski definition) is 2. The zero-order valence-corrected chi connectivity index (χ0v) is 17.8. The van der Waals surface area contributed by atoms with E-state index in [-0.39, 0.29) is 0 Å². The highest BCUT2D eigenvalue weighted by molar-refractivity contribution is 7.19. The van der Waals surface area contributed by atoms with Gasteiger partial charge >= 0.3 is 0 Å². The number of aryl methyl sites for hydroxylation is 4. The number of rotatable bonds is 1. The maximum atomic E-state index is 5.22. The number of hydrogen-bond donors (Lipinski definition) is 0. The van der Waals surface area contributed by atoms with Crippen molar-refractivity contribution in [2.24, 2.45) is 11.3 Å². The summed E-state index contributed by atoms with van der Waals surface area (Å²) in [6, 6.07) is 9.21. The normalized spacial score (nSPS) is 19.3. The van der Waals surface area contributed by atoms with E-state index >= 15 is 0 Å². The van der Waals surface area contributed by atoms with Crippen LogP contribution in [-0.2, 0) is 25.7 Å². The zero-order chi connectivity index (χ0) is 18.8. The van der Waals surface area contributed by atoms with Crippen molar-refractivity contribution in [3.63, 3.8) is 0 Å². The molecule has 2 heterocycles. The summed E-state index contributed by atoms with van der Waals surface area (Å²) in [5.74, 6) is 0.736. The van der Waals surface area contributed by atoms with Crippen LogP contribution in [0.1, 0.15) is 60.9 Å². The summed E-state index contributed by atoms with van der Waals surface area (Å²) in [5, 5.41) is 1.49. The van der Waals surface area contributed by atoms with Gasteiger partial charge in [-0.3, -0.25) is 0 Å².